The highest BCUT2D eigenvalue weighted by atomic mass is 16.5. The standard InChI is InChI=1S/C15H15NO4/c1-9-6-11(15(17)18)8-16-14(9)10-4-5-12(19-2)13(7-10)20-3/h4-8H,1-3H3,(H,17,18). The predicted octanol–water partition coefficient (Wildman–Crippen LogP) is 2.77. The Hall–Kier alpha value is -2.56. The van der Waals surface area contributed by atoms with Crippen LogP contribution >= 0.6 is 0 Å². The maximum Gasteiger partial charge on any atom is 0.337 e. The van der Waals surface area contributed by atoms with Gasteiger partial charge in [0.05, 0.1) is 25.5 Å². The van der Waals surface area contributed by atoms with Gasteiger partial charge >= 0.3 is 5.97 Å². The van der Waals surface area contributed by atoms with E-state index in [1.165, 1.54) is 6.20 Å². The molecular formula is C15H15NO4. The van der Waals surface area contributed by atoms with Crippen molar-refractivity contribution in [3.63, 3.8) is 0 Å². The van der Waals surface area contributed by atoms with Crippen molar-refractivity contribution in [3.05, 3.63) is 41.6 Å². The first-order valence-electron chi connectivity index (χ1n) is 5.99. The van der Waals surface area contributed by atoms with Gasteiger partial charge in [-0.3, -0.25) is 4.98 Å². The van der Waals surface area contributed by atoms with E-state index in [0.717, 1.165) is 16.8 Å². The molecule has 0 bridgehead atoms. The molecule has 0 aliphatic carbocycles. The van der Waals surface area contributed by atoms with Crippen LogP contribution in [-0.4, -0.2) is 30.3 Å². The molecule has 0 spiro atoms. The van der Waals surface area contributed by atoms with Crippen molar-refractivity contribution in [2.45, 2.75) is 6.92 Å². The number of methoxy groups -OCH3 is 2. The van der Waals surface area contributed by atoms with Crippen LogP contribution in [0, 0.1) is 6.92 Å². The number of hydrogen-bond donors (Lipinski definition) is 1. The summed E-state index contributed by atoms with van der Waals surface area (Å²) >= 11 is 0. The SMILES string of the molecule is COc1ccc(-c2ncc(C(=O)O)cc2C)cc1OC. The van der Waals surface area contributed by atoms with E-state index in [4.69, 9.17) is 14.6 Å². The molecule has 1 aromatic heterocycles. The summed E-state index contributed by atoms with van der Waals surface area (Å²) in [7, 11) is 3.14. The zero-order valence-corrected chi connectivity index (χ0v) is 11.5. The summed E-state index contributed by atoms with van der Waals surface area (Å²) in [5.74, 6) is 0.254. The Morgan fingerprint density at radius 1 is 1.15 bits per heavy atom. The van der Waals surface area contributed by atoms with Gasteiger partial charge in [-0.1, -0.05) is 0 Å². The van der Waals surface area contributed by atoms with Gasteiger partial charge in [-0.25, -0.2) is 4.79 Å². The van der Waals surface area contributed by atoms with Gasteiger partial charge in [-0.15, -0.1) is 0 Å². The van der Waals surface area contributed by atoms with Crippen LogP contribution < -0.4 is 9.47 Å². The van der Waals surface area contributed by atoms with Crippen molar-refractivity contribution in [2.24, 2.45) is 0 Å². The fourth-order valence-electron chi connectivity index (χ4n) is 1.98. The molecule has 1 aromatic carbocycles. The summed E-state index contributed by atoms with van der Waals surface area (Å²) in [6.45, 7) is 1.82. The monoisotopic (exact) mass is 273 g/mol. The molecule has 0 unspecified atom stereocenters. The number of carboxylic acid groups (broad SMARTS) is 1. The normalized spacial score (nSPS) is 10.2. The molecule has 5 heteroatoms. The lowest BCUT2D eigenvalue weighted by Gasteiger charge is -2.11. The molecule has 2 aromatic rings. The van der Waals surface area contributed by atoms with E-state index in [2.05, 4.69) is 4.98 Å². The van der Waals surface area contributed by atoms with Crippen LogP contribution in [0.4, 0.5) is 0 Å². The Bertz CT molecular complexity index is 652. The van der Waals surface area contributed by atoms with Gasteiger partial charge in [0.15, 0.2) is 11.5 Å². The number of benzene rings is 1. The Labute approximate surface area is 116 Å². The summed E-state index contributed by atoms with van der Waals surface area (Å²) in [5.41, 5.74) is 2.52. The number of aromatic nitrogens is 1. The number of carboxylic acids is 1. The third-order valence-electron chi connectivity index (χ3n) is 2.98. The molecule has 104 valence electrons. The van der Waals surface area contributed by atoms with Gasteiger partial charge in [0.2, 0.25) is 0 Å². The lowest BCUT2D eigenvalue weighted by Crippen LogP contribution is -2.00. The molecule has 0 aliphatic rings. The van der Waals surface area contributed by atoms with Crippen LogP contribution in [0.25, 0.3) is 11.3 Å². The zero-order valence-electron chi connectivity index (χ0n) is 11.5. The summed E-state index contributed by atoms with van der Waals surface area (Å²) in [4.78, 5) is 15.1. The van der Waals surface area contributed by atoms with E-state index in [1.54, 1.807) is 26.4 Å². The Morgan fingerprint density at radius 3 is 2.40 bits per heavy atom. The van der Waals surface area contributed by atoms with Gasteiger partial charge < -0.3 is 14.6 Å². The second-order valence-electron chi connectivity index (χ2n) is 4.26. The second kappa shape index (κ2) is 5.61. The summed E-state index contributed by atoms with van der Waals surface area (Å²) in [6, 6.07) is 7.06. The first kappa shape index (κ1) is 13.9. The van der Waals surface area contributed by atoms with E-state index >= 15 is 0 Å². The minimum Gasteiger partial charge on any atom is -0.493 e. The van der Waals surface area contributed by atoms with Crippen LogP contribution in [0.2, 0.25) is 0 Å². The number of carbonyl (C=O) groups is 1. The van der Waals surface area contributed by atoms with Crippen LogP contribution in [-0.2, 0) is 0 Å². The lowest BCUT2D eigenvalue weighted by atomic mass is 10.0. The Morgan fingerprint density at radius 2 is 1.85 bits per heavy atom. The molecule has 0 amide bonds. The number of nitrogens with zero attached hydrogens (tertiary/aromatic N) is 1. The molecule has 20 heavy (non-hydrogen) atoms. The number of pyridine rings is 1. The van der Waals surface area contributed by atoms with Gasteiger partial charge in [0, 0.05) is 11.8 Å². The summed E-state index contributed by atoms with van der Waals surface area (Å²) in [6.07, 6.45) is 1.35. The average molecular weight is 273 g/mol. The first-order valence-corrected chi connectivity index (χ1v) is 5.99. The van der Waals surface area contributed by atoms with Gasteiger partial charge in [0.1, 0.15) is 0 Å². The third kappa shape index (κ3) is 2.56. The topological polar surface area (TPSA) is 68.7 Å². The van der Waals surface area contributed by atoms with Crippen LogP contribution in [0.15, 0.2) is 30.5 Å². The molecule has 0 radical (unpaired) electrons. The molecule has 5 nitrogen and oxygen atoms in total. The van der Waals surface area contributed by atoms with Crippen LogP contribution in [0.1, 0.15) is 15.9 Å². The minimum absolute atomic E-state index is 0.173. The van der Waals surface area contributed by atoms with Crippen molar-refractivity contribution in [1.82, 2.24) is 4.98 Å². The highest BCUT2D eigenvalue weighted by Crippen LogP contribution is 2.32. The largest absolute Gasteiger partial charge is 0.493 e. The number of aromatic carboxylic acids is 1. The van der Waals surface area contributed by atoms with E-state index in [1.807, 2.05) is 19.1 Å². The third-order valence-corrected chi connectivity index (χ3v) is 2.98. The van der Waals surface area contributed by atoms with E-state index in [-0.39, 0.29) is 5.56 Å². The molecule has 1 N–H and O–H groups in total. The first-order chi connectivity index (χ1) is 9.56. The smallest absolute Gasteiger partial charge is 0.337 e. The summed E-state index contributed by atoms with van der Waals surface area (Å²) < 4.78 is 10.4. The predicted molar refractivity (Wildman–Crippen MR) is 74.5 cm³/mol. The molecule has 0 atom stereocenters. The highest BCUT2D eigenvalue weighted by molar-refractivity contribution is 5.88. The van der Waals surface area contributed by atoms with Crippen molar-refractivity contribution >= 4 is 5.97 Å². The van der Waals surface area contributed by atoms with E-state index in [0.29, 0.717) is 11.5 Å². The molecule has 0 saturated heterocycles. The fourth-order valence-corrected chi connectivity index (χ4v) is 1.98. The van der Waals surface area contributed by atoms with Crippen molar-refractivity contribution in [1.29, 1.82) is 0 Å². The van der Waals surface area contributed by atoms with Gasteiger partial charge in [-0.05, 0) is 36.8 Å². The summed E-state index contributed by atoms with van der Waals surface area (Å²) in [5, 5.41) is 8.94. The van der Waals surface area contributed by atoms with E-state index < -0.39 is 5.97 Å². The maximum absolute atomic E-state index is 10.9. The highest BCUT2D eigenvalue weighted by Gasteiger charge is 2.11. The molecule has 2 rings (SSSR count). The van der Waals surface area contributed by atoms with Gasteiger partial charge in [0.25, 0.3) is 0 Å². The molecular weight excluding hydrogens is 258 g/mol. The number of rotatable bonds is 4. The zero-order chi connectivity index (χ0) is 14.7. The minimum atomic E-state index is -0.987. The Balaban J connectivity index is 2.49. The molecule has 0 fully saturated rings. The second-order valence-corrected chi connectivity index (χ2v) is 4.26. The number of ether oxygens (including phenoxy) is 2. The quantitative estimate of drug-likeness (QED) is 0.927. The fraction of sp³-hybridized carbons (Fsp3) is 0.200. The maximum atomic E-state index is 10.9. The van der Waals surface area contributed by atoms with E-state index in [9.17, 15) is 4.79 Å². The van der Waals surface area contributed by atoms with Crippen LogP contribution in [0.3, 0.4) is 0 Å². The van der Waals surface area contributed by atoms with Crippen molar-refractivity contribution in [2.75, 3.05) is 14.2 Å². The molecule has 0 saturated carbocycles. The van der Waals surface area contributed by atoms with Gasteiger partial charge in [-0.2, -0.15) is 0 Å². The molecule has 1 heterocycles. The molecule has 0 aliphatic heterocycles. The number of aryl methyl sites for hydroxylation is 1. The van der Waals surface area contributed by atoms with Crippen molar-refractivity contribution < 1.29 is 19.4 Å². The van der Waals surface area contributed by atoms with Crippen molar-refractivity contribution in [3.8, 4) is 22.8 Å². The Kier molecular flexibility index (Phi) is 3.89. The van der Waals surface area contributed by atoms with Crippen LogP contribution in [0.5, 0.6) is 11.5 Å². The average Bonchev–Trinajstić information content (AvgIpc) is 2.46. The lowest BCUT2D eigenvalue weighted by molar-refractivity contribution is 0.0696. The number of hydrogen-bond acceptors (Lipinski definition) is 4.